The molecule has 0 saturated carbocycles. The highest BCUT2D eigenvalue weighted by Gasteiger charge is 2.33. The molecule has 174 valence electrons. The summed E-state index contributed by atoms with van der Waals surface area (Å²) in [5.41, 5.74) is 2.88. The van der Waals surface area contributed by atoms with Gasteiger partial charge in [0.15, 0.2) is 16.7 Å². The quantitative estimate of drug-likeness (QED) is 0.340. The maximum atomic E-state index is 13.4. The van der Waals surface area contributed by atoms with Crippen LogP contribution in [0.4, 0.5) is 0 Å². The van der Waals surface area contributed by atoms with Gasteiger partial charge in [0.2, 0.25) is 0 Å². The molecule has 1 aliphatic rings. The second-order valence-electron chi connectivity index (χ2n) is 7.54. The van der Waals surface area contributed by atoms with Crippen molar-refractivity contribution in [2.75, 3.05) is 13.7 Å². The van der Waals surface area contributed by atoms with Gasteiger partial charge in [0, 0.05) is 0 Å². The largest absolute Gasteiger partial charge is 0.491 e. The van der Waals surface area contributed by atoms with Gasteiger partial charge in [-0.2, -0.15) is 0 Å². The van der Waals surface area contributed by atoms with Crippen molar-refractivity contribution in [3.8, 4) is 11.5 Å². The van der Waals surface area contributed by atoms with Crippen LogP contribution in [0.1, 0.15) is 23.6 Å². The number of methoxy groups -OCH3 is 1. The second-order valence-corrected chi connectivity index (χ2v) is 8.96. The van der Waals surface area contributed by atoms with Crippen molar-refractivity contribution in [2.24, 2.45) is 4.99 Å². The smallest absolute Gasteiger partial charge is 0.267 e. The predicted octanol–water partition coefficient (Wildman–Crippen LogP) is 6.42. The van der Waals surface area contributed by atoms with Crippen LogP contribution in [0.2, 0.25) is 5.02 Å². The normalized spacial score (nSPS) is 15.9. The summed E-state index contributed by atoms with van der Waals surface area (Å²) in [7, 11) is 1.55. The fourth-order valence-electron chi connectivity index (χ4n) is 3.56. The Hall–Kier alpha value is -3.22. The number of hydrogen-bond donors (Lipinski definition) is 0. The molecular formula is C27H25ClN2O3S. The first-order valence-corrected chi connectivity index (χ1v) is 12.1. The van der Waals surface area contributed by atoms with Crippen molar-refractivity contribution < 1.29 is 14.3 Å². The fraction of sp³-hybridized carbons (Fsp3) is 0.185. The second kappa shape index (κ2) is 11.3. The molecule has 0 aromatic heterocycles. The van der Waals surface area contributed by atoms with Crippen LogP contribution >= 0.6 is 23.4 Å². The van der Waals surface area contributed by atoms with Crippen molar-refractivity contribution in [3.05, 3.63) is 99.4 Å². The standard InChI is InChI=1S/C27H25ClN2O3S/c1-3-33-23-15-21(14-22(28)25(23)32-2)16-24-26(31)30(18-20-12-8-5-9-13-20)27(34-24)29-17-19-10-6-4-7-11-19/h4-16H,3,17-18H2,1-2H3/b24-16+,29-27?. The minimum Gasteiger partial charge on any atom is -0.491 e. The fourth-order valence-corrected chi connectivity index (χ4v) is 4.83. The zero-order chi connectivity index (χ0) is 23.9. The van der Waals surface area contributed by atoms with Crippen LogP contribution < -0.4 is 9.47 Å². The summed E-state index contributed by atoms with van der Waals surface area (Å²) in [6.45, 7) is 3.32. The third-order valence-corrected chi connectivity index (χ3v) is 6.47. The Morgan fingerprint density at radius 3 is 2.35 bits per heavy atom. The third-order valence-electron chi connectivity index (χ3n) is 5.14. The Balaban J connectivity index is 1.67. The van der Waals surface area contributed by atoms with E-state index in [0.29, 0.717) is 46.3 Å². The van der Waals surface area contributed by atoms with Gasteiger partial charge in [0.05, 0.1) is 36.7 Å². The molecule has 1 aliphatic heterocycles. The number of carbonyl (C=O) groups is 1. The van der Waals surface area contributed by atoms with E-state index in [1.165, 1.54) is 11.8 Å². The van der Waals surface area contributed by atoms with Gasteiger partial charge in [-0.25, -0.2) is 0 Å². The number of benzene rings is 3. The van der Waals surface area contributed by atoms with Gasteiger partial charge >= 0.3 is 0 Å². The van der Waals surface area contributed by atoms with Crippen LogP contribution in [-0.2, 0) is 17.9 Å². The first-order valence-electron chi connectivity index (χ1n) is 10.9. The van der Waals surface area contributed by atoms with Crippen molar-refractivity contribution in [1.29, 1.82) is 0 Å². The highest BCUT2D eigenvalue weighted by atomic mass is 35.5. The molecule has 34 heavy (non-hydrogen) atoms. The van der Waals surface area contributed by atoms with E-state index >= 15 is 0 Å². The molecule has 0 aliphatic carbocycles. The number of halogens is 1. The highest BCUT2D eigenvalue weighted by Crippen LogP contribution is 2.39. The van der Waals surface area contributed by atoms with Crippen molar-refractivity contribution >= 4 is 40.5 Å². The molecule has 3 aromatic rings. The van der Waals surface area contributed by atoms with E-state index in [9.17, 15) is 4.79 Å². The Morgan fingerprint density at radius 1 is 1.03 bits per heavy atom. The molecular weight excluding hydrogens is 468 g/mol. The molecule has 0 unspecified atom stereocenters. The molecule has 0 bridgehead atoms. The van der Waals surface area contributed by atoms with Gasteiger partial charge in [0.25, 0.3) is 5.91 Å². The van der Waals surface area contributed by atoms with E-state index in [1.807, 2.05) is 79.7 Å². The zero-order valence-corrected chi connectivity index (χ0v) is 20.6. The monoisotopic (exact) mass is 492 g/mol. The summed E-state index contributed by atoms with van der Waals surface area (Å²) in [5.74, 6) is 0.927. The highest BCUT2D eigenvalue weighted by molar-refractivity contribution is 8.18. The first kappa shape index (κ1) is 23.9. The number of hydrogen-bond acceptors (Lipinski definition) is 5. The van der Waals surface area contributed by atoms with Crippen LogP contribution in [0.15, 0.2) is 82.7 Å². The zero-order valence-electron chi connectivity index (χ0n) is 19.0. The summed E-state index contributed by atoms with van der Waals surface area (Å²) >= 11 is 7.78. The van der Waals surface area contributed by atoms with Gasteiger partial charge in [0.1, 0.15) is 0 Å². The van der Waals surface area contributed by atoms with Crippen LogP contribution in [-0.4, -0.2) is 29.7 Å². The van der Waals surface area contributed by atoms with Crippen LogP contribution in [0.3, 0.4) is 0 Å². The molecule has 4 rings (SSSR count). The van der Waals surface area contributed by atoms with E-state index in [2.05, 4.69) is 0 Å². The average Bonchev–Trinajstić information content (AvgIpc) is 3.13. The molecule has 1 saturated heterocycles. The van der Waals surface area contributed by atoms with Crippen molar-refractivity contribution in [2.45, 2.75) is 20.0 Å². The molecule has 7 heteroatoms. The summed E-state index contributed by atoms with van der Waals surface area (Å²) in [6.07, 6.45) is 1.82. The SMILES string of the molecule is CCOc1cc(/C=C2/SC(=NCc3ccccc3)N(Cc3ccccc3)C2=O)cc(Cl)c1OC. The molecule has 0 N–H and O–H groups in total. The molecule has 3 aromatic carbocycles. The summed E-state index contributed by atoms with van der Waals surface area (Å²) in [5, 5.41) is 1.10. The summed E-state index contributed by atoms with van der Waals surface area (Å²) < 4.78 is 11.1. The van der Waals surface area contributed by atoms with E-state index in [-0.39, 0.29) is 5.91 Å². The first-order chi connectivity index (χ1) is 16.6. The number of carbonyl (C=O) groups excluding carboxylic acids is 1. The molecule has 0 atom stereocenters. The topological polar surface area (TPSA) is 51.1 Å². The minimum absolute atomic E-state index is 0.0921. The number of thioether (sulfide) groups is 1. The Morgan fingerprint density at radius 2 is 1.71 bits per heavy atom. The number of amides is 1. The van der Waals surface area contributed by atoms with E-state index < -0.39 is 0 Å². The van der Waals surface area contributed by atoms with Crippen LogP contribution in [0, 0.1) is 0 Å². The molecule has 5 nitrogen and oxygen atoms in total. The van der Waals surface area contributed by atoms with E-state index in [0.717, 1.165) is 16.7 Å². The average molecular weight is 493 g/mol. The molecule has 0 spiro atoms. The molecule has 1 fully saturated rings. The number of nitrogens with zero attached hydrogens (tertiary/aromatic N) is 2. The maximum Gasteiger partial charge on any atom is 0.267 e. The lowest BCUT2D eigenvalue weighted by molar-refractivity contribution is -0.122. The number of rotatable bonds is 8. The van der Waals surface area contributed by atoms with Gasteiger partial charge in [-0.05, 0) is 53.6 Å². The maximum absolute atomic E-state index is 13.4. The van der Waals surface area contributed by atoms with Gasteiger partial charge in [-0.15, -0.1) is 0 Å². The molecule has 0 radical (unpaired) electrons. The lowest BCUT2D eigenvalue weighted by Gasteiger charge is -2.15. The van der Waals surface area contributed by atoms with Crippen LogP contribution in [0.5, 0.6) is 11.5 Å². The molecule has 1 amide bonds. The lowest BCUT2D eigenvalue weighted by atomic mass is 10.1. The summed E-state index contributed by atoms with van der Waals surface area (Å²) in [6, 6.07) is 23.5. The van der Waals surface area contributed by atoms with Gasteiger partial charge < -0.3 is 9.47 Å². The Labute approximate surface area is 209 Å². The Bertz CT molecular complexity index is 1210. The van der Waals surface area contributed by atoms with Crippen LogP contribution in [0.25, 0.3) is 6.08 Å². The van der Waals surface area contributed by atoms with E-state index in [1.54, 1.807) is 18.1 Å². The van der Waals surface area contributed by atoms with Gasteiger partial charge in [-0.1, -0.05) is 72.3 Å². The molecule has 1 heterocycles. The predicted molar refractivity (Wildman–Crippen MR) is 139 cm³/mol. The number of amidine groups is 1. The minimum atomic E-state index is -0.0921. The summed E-state index contributed by atoms with van der Waals surface area (Å²) in [4.78, 5) is 20.5. The number of ether oxygens (including phenoxy) is 2. The van der Waals surface area contributed by atoms with Crippen molar-refractivity contribution in [1.82, 2.24) is 4.90 Å². The Kier molecular flexibility index (Phi) is 7.93. The van der Waals surface area contributed by atoms with E-state index in [4.69, 9.17) is 26.1 Å². The lowest BCUT2D eigenvalue weighted by Crippen LogP contribution is -2.28. The number of aliphatic imine (C=N–C) groups is 1. The van der Waals surface area contributed by atoms with Gasteiger partial charge in [-0.3, -0.25) is 14.7 Å². The van der Waals surface area contributed by atoms with Crippen molar-refractivity contribution in [3.63, 3.8) is 0 Å². The third kappa shape index (κ3) is 5.64.